The van der Waals surface area contributed by atoms with Crippen molar-refractivity contribution < 1.29 is 5.11 Å². The van der Waals surface area contributed by atoms with Crippen LogP contribution in [-0.2, 0) is 0 Å². The van der Waals surface area contributed by atoms with Crippen molar-refractivity contribution >= 4 is 0 Å². The molecule has 1 nitrogen and oxygen atoms in total. The van der Waals surface area contributed by atoms with Gasteiger partial charge in [0, 0.05) is 0 Å². The molecular formula is C13H26O. The third kappa shape index (κ3) is 3.83. The van der Waals surface area contributed by atoms with E-state index in [1.807, 2.05) is 6.08 Å². The Labute approximate surface area is 89.2 Å². The third-order valence-electron chi connectivity index (χ3n) is 3.24. The molecule has 0 aliphatic carbocycles. The molecule has 0 spiro atoms. The lowest BCUT2D eigenvalue weighted by molar-refractivity contribution is -0.0554. The Bertz CT molecular complexity index is 151. The van der Waals surface area contributed by atoms with E-state index in [4.69, 9.17) is 0 Å². The molecule has 0 saturated heterocycles. The quantitative estimate of drug-likeness (QED) is 0.487. The lowest BCUT2D eigenvalue weighted by Gasteiger charge is -2.36. The number of aliphatic hydroxyl groups is 1. The van der Waals surface area contributed by atoms with Gasteiger partial charge in [-0.15, -0.1) is 6.58 Å². The van der Waals surface area contributed by atoms with Gasteiger partial charge in [-0.25, -0.2) is 0 Å². The first kappa shape index (κ1) is 13.7. The first-order valence-electron chi connectivity index (χ1n) is 5.78. The largest absolute Gasteiger partial charge is 0.389 e. The zero-order valence-electron chi connectivity index (χ0n) is 10.2. The van der Waals surface area contributed by atoms with Crippen LogP contribution in [0.15, 0.2) is 12.7 Å². The van der Waals surface area contributed by atoms with Gasteiger partial charge in [0.05, 0.1) is 5.60 Å². The van der Waals surface area contributed by atoms with Crippen molar-refractivity contribution in [2.75, 3.05) is 0 Å². The van der Waals surface area contributed by atoms with Gasteiger partial charge in [0.25, 0.3) is 0 Å². The molecule has 0 unspecified atom stereocenters. The Balaban J connectivity index is 4.04. The van der Waals surface area contributed by atoms with Gasteiger partial charge < -0.3 is 5.11 Å². The Morgan fingerprint density at radius 2 is 1.64 bits per heavy atom. The van der Waals surface area contributed by atoms with Gasteiger partial charge in [-0.2, -0.15) is 0 Å². The van der Waals surface area contributed by atoms with Crippen molar-refractivity contribution in [3.63, 3.8) is 0 Å². The molecule has 0 radical (unpaired) electrons. The summed E-state index contributed by atoms with van der Waals surface area (Å²) < 4.78 is 0. The molecular weight excluding hydrogens is 172 g/mol. The molecule has 14 heavy (non-hydrogen) atoms. The van der Waals surface area contributed by atoms with Gasteiger partial charge in [0.1, 0.15) is 0 Å². The third-order valence-corrected chi connectivity index (χ3v) is 3.24. The average Bonchev–Trinajstić information content (AvgIpc) is 2.11. The molecule has 1 heteroatoms. The molecule has 0 amide bonds. The van der Waals surface area contributed by atoms with E-state index in [0.29, 0.717) is 11.8 Å². The summed E-state index contributed by atoms with van der Waals surface area (Å²) in [5.41, 5.74) is -0.485. The maximum Gasteiger partial charge on any atom is 0.0693 e. The van der Waals surface area contributed by atoms with Crippen molar-refractivity contribution in [2.24, 2.45) is 11.8 Å². The Hall–Kier alpha value is -0.300. The van der Waals surface area contributed by atoms with Gasteiger partial charge >= 0.3 is 0 Å². The molecule has 0 atom stereocenters. The average molecular weight is 198 g/mol. The van der Waals surface area contributed by atoms with E-state index >= 15 is 0 Å². The highest BCUT2D eigenvalue weighted by atomic mass is 16.3. The summed E-state index contributed by atoms with van der Waals surface area (Å²) >= 11 is 0. The number of hydrogen-bond acceptors (Lipinski definition) is 1. The number of hydrogen-bond donors (Lipinski definition) is 1. The van der Waals surface area contributed by atoms with E-state index in [-0.39, 0.29) is 0 Å². The van der Waals surface area contributed by atoms with Crippen molar-refractivity contribution in [1.82, 2.24) is 0 Å². The number of rotatable bonds is 7. The molecule has 0 aliphatic heterocycles. The summed E-state index contributed by atoms with van der Waals surface area (Å²) in [5, 5.41) is 10.4. The van der Waals surface area contributed by atoms with Gasteiger partial charge in [0.2, 0.25) is 0 Å². The molecule has 0 rings (SSSR count). The molecule has 0 aliphatic rings. The lowest BCUT2D eigenvalue weighted by Crippen LogP contribution is -2.40. The second-order valence-electron chi connectivity index (χ2n) is 4.84. The zero-order chi connectivity index (χ0) is 11.2. The molecule has 0 aromatic rings. The molecule has 1 N–H and O–H groups in total. The zero-order valence-corrected chi connectivity index (χ0v) is 10.2. The van der Waals surface area contributed by atoms with E-state index < -0.39 is 5.60 Å². The van der Waals surface area contributed by atoms with Crippen molar-refractivity contribution in [1.29, 1.82) is 0 Å². The first-order valence-corrected chi connectivity index (χ1v) is 5.78. The van der Waals surface area contributed by atoms with Gasteiger partial charge in [-0.1, -0.05) is 40.2 Å². The van der Waals surface area contributed by atoms with E-state index in [9.17, 15) is 5.11 Å². The smallest absolute Gasteiger partial charge is 0.0693 e. The highest BCUT2D eigenvalue weighted by molar-refractivity contribution is 4.85. The molecule has 0 heterocycles. The summed E-state index contributed by atoms with van der Waals surface area (Å²) in [7, 11) is 0. The number of allylic oxidation sites excluding steroid dienone is 1. The van der Waals surface area contributed by atoms with Gasteiger partial charge in [0.15, 0.2) is 0 Å². The van der Waals surface area contributed by atoms with Crippen molar-refractivity contribution in [3.8, 4) is 0 Å². The molecule has 0 aromatic heterocycles. The monoisotopic (exact) mass is 198 g/mol. The van der Waals surface area contributed by atoms with Crippen LogP contribution < -0.4 is 0 Å². The molecule has 0 saturated carbocycles. The van der Waals surface area contributed by atoms with Crippen LogP contribution >= 0.6 is 0 Å². The summed E-state index contributed by atoms with van der Waals surface area (Å²) in [6.07, 6.45) is 6.16. The second-order valence-corrected chi connectivity index (χ2v) is 4.84. The van der Waals surface area contributed by atoms with Crippen LogP contribution in [-0.4, -0.2) is 10.7 Å². The van der Waals surface area contributed by atoms with Crippen molar-refractivity contribution in [2.45, 2.75) is 59.0 Å². The van der Waals surface area contributed by atoms with Crippen LogP contribution in [0.4, 0.5) is 0 Å². The first-order chi connectivity index (χ1) is 6.45. The number of unbranched alkanes of at least 4 members (excludes halogenated alkanes) is 2. The molecule has 0 aromatic carbocycles. The minimum atomic E-state index is -0.485. The van der Waals surface area contributed by atoms with E-state index in [0.717, 1.165) is 25.7 Å². The SMILES string of the molecule is C=CCCCCC(O)(C(C)C)C(C)C. The van der Waals surface area contributed by atoms with Gasteiger partial charge in [-0.3, -0.25) is 0 Å². The van der Waals surface area contributed by atoms with Crippen LogP contribution in [0.1, 0.15) is 53.4 Å². The second kappa shape index (κ2) is 6.23. The Morgan fingerprint density at radius 1 is 1.14 bits per heavy atom. The Morgan fingerprint density at radius 3 is 2.00 bits per heavy atom. The van der Waals surface area contributed by atoms with Crippen LogP contribution in [0.5, 0.6) is 0 Å². The highest BCUT2D eigenvalue weighted by Gasteiger charge is 2.33. The highest BCUT2D eigenvalue weighted by Crippen LogP contribution is 2.31. The molecule has 0 fully saturated rings. The topological polar surface area (TPSA) is 20.2 Å². The van der Waals surface area contributed by atoms with Crippen LogP contribution in [0.2, 0.25) is 0 Å². The lowest BCUT2D eigenvalue weighted by atomic mass is 9.77. The summed E-state index contributed by atoms with van der Waals surface area (Å²) in [5.74, 6) is 0.678. The standard InChI is InChI=1S/C13H26O/c1-6-7-8-9-10-13(14,11(2)3)12(4)5/h6,11-12,14H,1,7-10H2,2-5H3. The van der Waals surface area contributed by atoms with Crippen LogP contribution in [0.3, 0.4) is 0 Å². The van der Waals surface area contributed by atoms with Gasteiger partial charge in [-0.05, 0) is 31.1 Å². The fourth-order valence-corrected chi connectivity index (χ4v) is 1.94. The van der Waals surface area contributed by atoms with E-state index in [1.54, 1.807) is 0 Å². The molecule has 0 bridgehead atoms. The predicted molar refractivity (Wildman–Crippen MR) is 63.3 cm³/mol. The fourth-order valence-electron chi connectivity index (χ4n) is 1.94. The molecule has 84 valence electrons. The van der Waals surface area contributed by atoms with Crippen LogP contribution in [0.25, 0.3) is 0 Å². The Kier molecular flexibility index (Phi) is 6.10. The predicted octanol–water partition coefficient (Wildman–Crippen LogP) is 3.78. The maximum absolute atomic E-state index is 10.4. The summed E-state index contributed by atoms with van der Waals surface area (Å²) in [4.78, 5) is 0. The minimum absolute atomic E-state index is 0.339. The van der Waals surface area contributed by atoms with Crippen LogP contribution in [0, 0.1) is 11.8 Å². The van der Waals surface area contributed by atoms with E-state index in [1.165, 1.54) is 0 Å². The van der Waals surface area contributed by atoms with E-state index in [2.05, 4.69) is 34.3 Å². The maximum atomic E-state index is 10.4. The normalized spacial score (nSPS) is 12.5. The summed E-state index contributed by atoms with van der Waals surface area (Å²) in [6, 6.07) is 0. The van der Waals surface area contributed by atoms with Crippen molar-refractivity contribution in [3.05, 3.63) is 12.7 Å². The minimum Gasteiger partial charge on any atom is -0.389 e. The fraction of sp³-hybridized carbons (Fsp3) is 0.846. The summed E-state index contributed by atoms with van der Waals surface area (Å²) in [6.45, 7) is 12.1.